The molecule has 0 rings (SSSR count). The number of hydrogen-bond donors (Lipinski definition) is 0. The average Bonchev–Trinajstić information content (AvgIpc) is 2.10. The Morgan fingerprint density at radius 3 is 2.33 bits per heavy atom. The third-order valence-electron chi connectivity index (χ3n) is 1.84. The van der Waals surface area contributed by atoms with Crippen LogP contribution < -0.4 is 0 Å². The summed E-state index contributed by atoms with van der Waals surface area (Å²) in [6.07, 6.45) is 5.79. The van der Waals surface area contributed by atoms with Gasteiger partial charge in [0, 0.05) is 13.7 Å². The summed E-state index contributed by atoms with van der Waals surface area (Å²) in [5, 5.41) is 0. The van der Waals surface area contributed by atoms with E-state index < -0.39 is 0 Å². The highest BCUT2D eigenvalue weighted by Crippen LogP contribution is 2.04. The summed E-state index contributed by atoms with van der Waals surface area (Å²) in [7, 11) is 1.71. The average molecular weight is 174 g/mol. The molecule has 1 unspecified atom stereocenters. The summed E-state index contributed by atoms with van der Waals surface area (Å²) in [4.78, 5) is 0. The van der Waals surface area contributed by atoms with Gasteiger partial charge in [-0.3, -0.25) is 0 Å². The fourth-order valence-corrected chi connectivity index (χ4v) is 1.07. The van der Waals surface area contributed by atoms with Crippen LogP contribution in [0.2, 0.25) is 0 Å². The number of ether oxygens (including phenoxy) is 2. The van der Waals surface area contributed by atoms with Crippen molar-refractivity contribution in [1.82, 2.24) is 0 Å². The Kier molecular flexibility index (Phi) is 8.95. The summed E-state index contributed by atoms with van der Waals surface area (Å²) in [5.41, 5.74) is 0. The number of methoxy groups -OCH3 is 1. The van der Waals surface area contributed by atoms with Crippen molar-refractivity contribution in [3.8, 4) is 0 Å². The second kappa shape index (κ2) is 9.01. The van der Waals surface area contributed by atoms with Gasteiger partial charge < -0.3 is 9.47 Å². The van der Waals surface area contributed by atoms with E-state index in [0.717, 1.165) is 25.9 Å². The van der Waals surface area contributed by atoms with E-state index in [-0.39, 0.29) is 6.29 Å². The molecule has 2 heteroatoms. The molecule has 0 fully saturated rings. The Bertz CT molecular complexity index is 83.9. The first-order chi connectivity index (χ1) is 5.85. The second-order valence-corrected chi connectivity index (χ2v) is 3.03. The predicted molar refractivity (Wildman–Crippen MR) is 51.2 cm³/mol. The third-order valence-corrected chi connectivity index (χ3v) is 1.84. The minimum absolute atomic E-state index is 0.0202. The number of unbranched alkanes of at least 4 members (excludes halogenated alkanes) is 2. The molecule has 0 radical (unpaired) electrons. The van der Waals surface area contributed by atoms with Crippen LogP contribution in [0.4, 0.5) is 0 Å². The number of hydrogen-bond acceptors (Lipinski definition) is 2. The highest BCUT2D eigenvalue weighted by molar-refractivity contribution is 4.43. The van der Waals surface area contributed by atoms with Crippen molar-refractivity contribution in [3.05, 3.63) is 0 Å². The van der Waals surface area contributed by atoms with E-state index in [1.165, 1.54) is 12.8 Å². The molecule has 0 aliphatic carbocycles. The zero-order valence-electron chi connectivity index (χ0n) is 8.64. The van der Waals surface area contributed by atoms with Gasteiger partial charge in [-0.05, 0) is 12.8 Å². The fraction of sp³-hybridized carbons (Fsp3) is 1.00. The van der Waals surface area contributed by atoms with Crippen LogP contribution in [0, 0.1) is 0 Å². The SMILES string of the molecule is CCCCCOC(CCC)OC. The lowest BCUT2D eigenvalue weighted by atomic mass is 10.3. The van der Waals surface area contributed by atoms with Crippen LogP contribution in [0.1, 0.15) is 46.0 Å². The molecule has 0 aliphatic rings. The van der Waals surface area contributed by atoms with Crippen LogP contribution in [0.3, 0.4) is 0 Å². The second-order valence-electron chi connectivity index (χ2n) is 3.03. The highest BCUT2D eigenvalue weighted by atomic mass is 16.7. The topological polar surface area (TPSA) is 18.5 Å². The first-order valence-corrected chi connectivity index (χ1v) is 4.99. The van der Waals surface area contributed by atoms with Crippen LogP contribution in [0.15, 0.2) is 0 Å². The Balaban J connectivity index is 3.19. The highest BCUT2D eigenvalue weighted by Gasteiger charge is 2.04. The molecule has 0 saturated carbocycles. The third kappa shape index (κ3) is 6.62. The van der Waals surface area contributed by atoms with Gasteiger partial charge in [0.05, 0.1) is 0 Å². The van der Waals surface area contributed by atoms with E-state index in [2.05, 4.69) is 13.8 Å². The van der Waals surface area contributed by atoms with Gasteiger partial charge in [-0.15, -0.1) is 0 Å². The van der Waals surface area contributed by atoms with Gasteiger partial charge in [-0.1, -0.05) is 33.1 Å². The standard InChI is InChI=1S/C10H22O2/c1-4-6-7-9-12-10(11-3)8-5-2/h10H,4-9H2,1-3H3. The summed E-state index contributed by atoms with van der Waals surface area (Å²) in [6, 6.07) is 0. The van der Waals surface area contributed by atoms with Gasteiger partial charge in [0.2, 0.25) is 0 Å². The molecular formula is C10H22O2. The Hall–Kier alpha value is -0.0800. The lowest BCUT2D eigenvalue weighted by Gasteiger charge is -2.14. The first kappa shape index (κ1) is 11.9. The van der Waals surface area contributed by atoms with Crippen LogP contribution in [0.25, 0.3) is 0 Å². The van der Waals surface area contributed by atoms with Crippen molar-refractivity contribution in [1.29, 1.82) is 0 Å². The van der Waals surface area contributed by atoms with Crippen molar-refractivity contribution in [2.24, 2.45) is 0 Å². The normalized spacial score (nSPS) is 13.2. The fourth-order valence-electron chi connectivity index (χ4n) is 1.07. The molecule has 0 heterocycles. The van der Waals surface area contributed by atoms with E-state index in [4.69, 9.17) is 9.47 Å². The predicted octanol–water partition coefficient (Wildman–Crippen LogP) is 2.97. The molecule has 0 aromatic carbocycles. The monoisotopic (exact) mass is 174 g/mol. The van der Waals surface area contributed by atoms with Gasteiger partial charge >= 0.3 is 0 Å². The van der Waals surface area contributed by atoms with Gasteiger partial charge in [0.25, 0.3) is 0 Å². The molecule has 0 amide bonds. The van der Waals surface area contributed by atoms with Gasteiger partial charge in [-0.25, -0.2) is 0 Å². The summed E-state index contributed by atoms with van der Waals surface area (Å²) < 4.78 is 10.7. The van der Waals surface area contributed by atoms with Gasteiger partial charge in [-0.2, -0.15) is 0 Å². The lowest BCUT2D eigenvalue weighted by molar-refractivity contribution is -0.128. The summed E-state index contributed by atoms with van der Waals surface area (Å²) in [6.45, 7) is 5.17. The maximum Gasteiger partial charge on any atom is 0.157 e. The molecule has 12 heavy (non-hydrogen) atoms. The Morgan fingerprint density at radius 2 is 1.83 bits per heavy atom. The van der Waals surface area contributed by atoms with Crippen LogP contribution in [-0.4, -0.2) is 20.0 Å². The maximum atomic E-state index is 5.51. The molecule has 0 aromatic rings. The zero-order chi connectivity index (χ0) is 9.23. The molecule has 0 spiro atoms. The smallest absolute Gasteiger partial charge is 0.157 e. The van der Waals surface area contributed by atoms with E-state index >= 15 is 0 Å². The minimum atomic E-state index is 0.0202. The van der Waals surface area contributed by atoms with E-state index in [9.17, 15) is 0 Å². The molecule has 0 aromatic heterocycles. The first-order valence-electron chi connectivity index (χ1n) is 4.99. The largest absolute Gasteiger partial charge is 0.356 e. The number of rotatable bonds is 8. The van der Waals surface area contributed by atoms with Crippen molar-refractivity contribution in [3.63, 3.8) is 0 Å². The molecule has 74 valence electrons. The minimum Gasteiger partial charge on any atom is -0.356 e. The molecule has 1 atom stereocenters. The molecule has 2 nitrogen and oxygen atoms in total. The van der Waals surface area contributed by atoms with Gasteiger partial charge in [0.15, 0.2) is 6.29 Å². The van der Waals surface area contributed by atoms with Crippen molar-refractivity contribution in [2.75, 3.05) is 13.7 Å². The van der Waals surface area contributed by atoms with Crippen molar-refractivity contribution < 1.29 is 9.47 Å². The van der Waals surface area contributed by atoms with Crippen molar-refractivity contribution >= 4 is 0 Å². The molecule has 0 bridgehead atoms. The Morgan fingerprint density at radius 1 is 1.08 bits per heavy atom. The van der Waals surface area contributed by atoms with Crippen LogP contribution in [-0.2, 0) is 9.47 Å². The van der Waals surface area contributed by atoms with E-state index in [1.807, 2.05) is 0 Å². The van der Waals surface area contributed by atoms with E-state index in [1.54, 1.807) is 7.11 Å². The van der Waals surface area contributed by atoms with E-state index in [0.29, 0.717) is 0 Å². The van der Waals surface area contributed by atoms with Gasteiger partial charge in [0.1, 0.15) is 0 Å². The van der Waals surface area contributed by atoms with Crippen LogP contribution in [0.5, 0.6) is 0 Å². The van der Waals surface area contributed by atoms with Crippen LogP contribution >= 0.6 is 0 Å². The molecule has 0 saturated heterocycles. The zero-order valence-corrected chi connectivity index (χ0v) is 8.64. The lowest BCUT2D eigenvalue weighted by Crippen LogP contribution is -2.15. The van der Waals surface area contributed by atoms with Crippen molar-refractivity contribution in [2.45, 2.75) is 52.2 Å². The quantitative estimate of drug-likeness (QED) is 0.416. The molecule has 0 aliphatic heterocycles. The Labute approximate surface area is 76.3 Å². The molecular weight excluding hydrogens is 152 g/mol. The summed E-state index contributed by atoms with van der Waals surface area (Å²) in [5.74, 6) is 0. The summed E-state index contributed by atoms with van der Waals surface area (Å²) >= 11 is 0. The maximum absolute atomic E-state index is 5.51. The molecule has 0 N–H and O–H groups in total.